The molecule has 9 heteroatoms. The Morgan fingerprint density at radius 3 is 2.60 bits per heavy atom. The maximum atomic E-state index is 12.2. The van der Waals surface area contributed by atoms with Gasteiger partial charge in [0.05, 0.1) is 17.2 Å². The lowest BCUT2D eigenvalue weighted by molar-refractivity contribution is 0.251. The van der Waals surface area contributed by atoms with E-state index in [1.54, 1.807) is 24.3 Å². The molecule has 2 N–H and O–H groups in total. The molecule has 0 saturated carbocycles. The minimum absolute atomic E-state index is 0.115. The molecule has 0 spiro atoms. The van der Waals surface area contributed by atoms with Crippen LogP contribution < -0.4 is 10.0 Å². The van der Waals surface area contributed by atoms with Crippen LogP contribution in [-0.2, 0) is 22.3 Å². The summed E-state index contributed by atoms with van der Waals surface area (Å²) >= 11 is 0.515. The van der Waals surface area contributed by atoms with Gasteiger partial charge in [-0.2, -0.15) is 8.78 Å². The van der Waals surface area contributed by atoms with Crippen LogP contribution in [-0.4, -0.2) is 21.2 Å². The van der Waals surface area contributed by atoms with Gasteiger partial charge in [-0.25, -0.2) is 13.1 Å². The standard InChI is InChI=1S/C16H20F2N2O3S2/c1-11(12-4-3-5-15(8-12)25(21,22)19-2)20-9-13-6-7-14(23-13)10-24-16(17)18/h3-8,11,16,19-20H,9-10H2,1-2H3. The van der Waals surface area contributed by atoms with Crippen molar-refractivity contribution in [3.8, 4) is 0 Å². The molecule has 0 saturated heterocycles. The number of furan rings is 1. The number of thioether (sulfide) groups is 1. The van der Waals surface area contributed by atoms with Crippen molar-refractivity contribution in [2.24, 2.45) is 0 Å². The summed E-state index contributed by atoms with van der Waals surface area (Å²) in [6.45, 7) is 2.31. The van der Waals surface area contributed by atoms with E-state index in [0.717, 1.165) is 5.56 Å². The molecule has 0 bridgehead atoms. The van der Waals surface area contributed by atoms with Crippen molar-refractivity contribution < 1.29 is 21.6 Å². The number of hydrogen-bond acceptors (Lipinski definition) is 5. The highest BCUT2D eigenvalue weighted by atomic mass is 32.2. The van der Waals surface area contributed by atoms with Gasteiger partial charge in [0.25, 0.3) is 5.76 Å². The molecular formula is C16H20F2N2O3S2. The second-order valence-corrected chi connectivity index (χ2v) is 8.19. The van der Waals surface area contributed by atoms with Crippen molar-refractivity contribution in [3.05, 3.63) is 53.5 Å². The number of nitrogens with one attached hydrogen (secondary N) is 2. The highest BCUT2D eigenvalue weighted by molar-refractivity contribution is 7.98. The van der Waals surface area contributed by atoms with Crippen LogP contribution in [0.3, 0.4) is 0 Å². The van der Waals surface area contributed by atoms with E-state index >= 15 is 0 Å². The molecule has 2 rings (SSSR count). The quantitative estimate of drug-likeness (QED) is 0.686. The largest absolute Gasteiger partial charge is 0.464 e. The minimum atomic E-state index is -3.49. The van der Waals surface area contributed by atoms with E-state index in [0.29, 0.717) is 29.8 Å². The molecule has 138 valence electrons. The lowest BCUT2D eigenvalue weighted by Gasteiger charge is -2.14. The fourth-order valence-electron chi connectivity index (χ4n) is 2.18. The lowest BCUT2D eigenvalue weighted by atomic mass is 10.1. The summed E-state index contributed by atoms with van der Waals surface area (Å²) < 4.78 is 55.9. The fourth-order valence-corrected chi connectivity index (χ4v) is 3.41. The first-order valence-corrected chi connectivity index (χ1v) is 10.1. The number of benzene rings is 1. The van der Waals surface area contributed by atoms with Crippen LogP contribution in [0.1, 0.15) is 30.0 Å². The average Bonchev–Trinajstić information content (AvgIpc) is 3.06. The van der Waals surface area contributed by atoms with Crippen LogP contribution in [0, 0.1) is 0 Å². The van der Waals surface area contributed by atoms with E-state index in [1.165, 1.54) is 13.1 Å². The molecule has 25 heavy (non-hydrogen) atoms. The molecular weight excluding hydrogens is 370 g/mol. The molecule has 0 aliphatic heterocycles. The van der Waals surface area contributed by atoms with E-state index in [4.69, 9.17) is 4.42 Å². The monoisotopic (exact) mass is 390 g/mol. The van der Waals surface area contributed by atoms with E-state index in [-0.39, 0.29) is 16.7 Å². The summed E-state index contributed by atoms with van der Waals surface area (Å²) in [7, 11) is -2.13. The molecule has 0 fully saturated rings. The van der Waals surface area contributed by atoms with Crippen LogP contribution in [0.15, 0.2) is 45.7 Å². The Hall–Kier alpha value is -1.42. The van der Waals surface area contributed by atoms with Crippen LogP contribution >= 0.6 is 11.8 Å². The molecule has 0 radical (unpaired) electrons. The van der Waals surface area contributed by atoms with Crippen LogP contribution in [0.4, 0.5) is 8.78 Å². The topological polar surface area (TPSA) is 71.3 Å². The molecule has 1 aromatic carbocycles. The lowest BCUT2D eigenvalue weighted by Crippen LogP contribution is -2.20. The molecule has 0 amide bonds. The first-order valence-electron chi connectivity index (χ1n) is 7.56. The van der Waals surface area contributed by atoms with Crippen LogP contribution in [0.5, 0.6) is 0 Å². The Morgan fingerprint density at radius 2 is 1.92 bits per heavy atom. The Labute approximate surface area is 150 Å². The van der Waals surface area contributed by atoms with Crippen molar-refractivity contribution in [2.75, 3.05) is 7.05 Å². The minimum Gasteiger partial charge on any atom is -0.464 e. The summed E-state index contributed by atoms with van der Waals surface area (Å²) in [5.41, 5.74) is 0.816. The maximum absolute atomic E-state index is 12.2. The molecule has 1 heterocycles. The van der Waals surface area contributed by atoms with Gasteiger partial charge in [0.15, 0.2) is 0 Å². The summed E-state index contributed by atoms with van der Waals surface area (Å²) in [6, 6.07) is 9.96. The fraction of sp³-hybridized carbons (Fsp3) is 0.375. The van der Waals surface area contributed by atoms with Gasteiger partial charge >= 0.3 is 0 Å². The van der Waals surface area contributed by atoms with Gasteiger partial charge in [0, 0.05) is 6.04 Å². The Kier molecular flexibility index (Phi) is 7.00. The average molecular weight is 390 g/mol. The third-order valence-corrected chi connectivity index (χ3v) is 5.70. The predicted octanol–water partition coefficient (Wildman–Crippen LogP) is 3.49. The molecule has 5 nitrogen and oxygen atoms in total. The number of alkyl halides is 2. The summed E-state index contributed by atoms with van der Waals surface area (Å²) in [5.74, 6) is -1.17. The molecule has 2 aromatic rings. The second kappa shape index (κ2) is 8.79. The van der Waals surface area contributed by atoms with Crippen LogP contribution in [0.2, 0.25) is 0 Å². The maximum Gasteiger partial charge on any atom is 0.284 e. The zero-order valence-electron chi connectivity index (χ0n) is 13.8. The van der Waals surface area contributed by atoms with Gasteiger partial charge in [-0.3, -0.25) is 0 Å². The third-order valence-electron chi connectivity index (χ3n) is 3.59. The van der Waals surface area contributed by atoms with Gasteiger partial charge in [-0.05, 0) is 43.8 Å². The number of sulfonamides is 1. The van der Waals surface area contributed by atoms with Crippen molar-refractivity contribution in [2.45, 2.75) is 35.9 Å². The molecule has 0 aliphatic carbocycles. The first kappa shape index (κ1) is 19.9. The zero-order valence-corrected chi connectivity index (χ0v) is 15.5. The second-order valence-electron chi connectivity index (χ2n) is 5.32. The van der Waals surface area contributed by atoms with Gasteiger partial charge < -0.3 is 9.73 Å². The van der Waals surface area contributed by atoms with Crippen molar-refractivity contribution in [1.82, 2.24) is 10.0 Å². The molecule has 1 aromatic heterocycles. The first-order chi connectivity index (χ1) is 11.8. The molecule has 1 unspecified atom stereocenters. The third kappa shape index (κ3) is 5.81. The van der Waals surface area contributed by atoms with Crippen molar-refractivity contribution >= 4 is 21.8 Å². The SMILES string of the molecule is CNS(=O)(=O)c1cccc(C(C)NCc2ccc(CSC(F)F)o2)c1. The normalized spacial score (nSPS) is 13.3. The Morgan fingerprint density at radius 1 is 1.20 bits per heavy atom. The van der Waals surface area contributed by atoms with E-state index in [2.05, 4.69) is 10.0 Å². The Bertz CT molecular complexity index is 794. The summed E-state index contributed by atoms with van der Waals surface area (Å²) in [4.78, 5) is 0.199. The highest BCUT2D eigenvalue weighted by Gasteiger charge is 2.14. The van der Waals surface area contributed by atoms with Crippen molar-refractivity contribution in [1.29, 1.82) is 0 Å². The molecule has 1 atom stereocenters. The van der Waals surface area contributed by atoms with Gasteiger partial charge in [0.2, 0.25) is 10.0 Å². The van der Waals surface area contributed by atoms with Gasteiger partial charge in [-0.15, -0.1) is 0 Å². The van der Waals surface area contributed by atoms with E-state index < -0.39 is 15.8 Å². The molecule has 0 aliphatic rings. The van der Waals surface area contributed by atoms with Gasteiger partial charge in [-0.1, -0.05) is 23.9 Å². The van der Waals surface area contributed by atoms with E-state index in [1.807, 2.05) is 13.0 Å². The van der Waals surface area contributed by atoms with E-state index in [9.17, 15) is 17.2 Å². The number of hydrogen-bond donors (Lipinski definition) is 2. The number of rotatable bonds is 9. The van der Waals surface area contributed by atoms with Crippen LogP contribution in [0.25, 0.3) is 0 Å². The zero-order chi connectivity index (χ0) is 18.4. The predicted molar refractivity (Wildman–Crippen MR) is 93.9 cm³/mol. The van der Waals surface area contributed by atoms with Gasteiger partial charge in [0.1, 0.15) is 11.5 Å². The highest BCUT2D eigenvalue weighted by Crippen LogP contribution is 2.22. The number of halogens is 2. The smallest absolute Gasteiger partial charge is 0.284 e. The summed E-state index contributed by atoms with van der Waals surface area (Å²) in [6.07, 6.45) is 0. The Balaban J connectivity index is 1.96. The van der Waals surface area contributed by atoms with Crippen molar-refractivity contribution in [3.63, 3.8) is 0 Å². The summed E-state index contributed by atoms with van der Waals surface area (Å²) in [5, 5.41) is 3.23.